The van der Waals surface area contributed by atoms with E-state index in [4.69, 9.17) is 4.74 Å². The van der Waals surface area contributed by atoms with Gasteiger partial charge in [-0.2, -0.15) is 0 Å². The Kier molecular flexibility index (Phi) is 6.01. The Labute approximate surface area is 124 Å². The normalized spacial score (nSPS) is 19.5. The maximum atomic E-state index is 11.9. The molecule has 2 atom stereocenters. The minimum absolute atomic E-state index is 0.0600. The lowest BCUT2D eigenvalue weighted by Crippen LogP contribution is -2.43. The van der Waals surface area contributed by atoms with Crippen molar-refractivity contribution in [1.82, 2.24) is 10.6 Å². The third kappa shape index (κ3) is 4.58. The monoisotopic (exact) mass is 296 g/mol. The van der Waals surface area contributed by atoms with Gasteiger partial charge >= 0.3 is 0 Å². The van der Waals surface area contributed by atoms with Gasteiger partial charge in [0.05, 0.1) is 12.6 Å². The Hall–Kier alpha value is -0.910. The minimum Gasteiger partial charge on any atom is -0.381 e. The van der Waals surface area contributed by atoms with E-state index in [1.807, 2.05) is 24.4 Å². The van der Waals surface area contributed by atoms with Gasteiger partial charge in [-0.3, -0.25) is 4.79 Å². The van der Waals surface area contributed by atoms with Gasteiger partial charge in [0.1, 0.15) is 0 Å². The lowest BCUT2D eigenvalue weighted by molar-refractivity contribution is -0.121. The van der Waals surface area contributed by atoms with E-state index in [9.17, 15) is 4.79 Å². The van der Waals surface area contributed by atoms with E-state index in [-0.39, 0.29) is 11.9 Å². The number of hydrogen-bond donors (Lipinski definition) is 2. The van der Waals surface area contributed by atoms with Crippen LogP contribution < -0.4 is 10.6 Å². The maximum absolute atomic E-state index is 11.9. The van der Waals surface area contributed by atoms with Crippen molar-refractivity contribution in [3.63, 3.8) is 0 Å². The van der Waals surface area contributed by atoms with Gasteiger partial charge in [-0.25, -0.2) is 0 Å². The van der Waals surface area contributed by atoms with Gasteiger partial charge < -0.3 is 15.4 Å². The molecule has 1 aliphatic rings. The summed E-state index contributed by atoms with van der Waals surface area (Å²) in [6.45, 7) is 6.25. The summed E-state index contributed by atoms with van der Waals surface area (Å²) in [5.74, 6) is 0.677. The highest BCUT2D eigenvalue weighted by Gasteiger charge is 2.20. The first-order valence-electron chi connectivity index (χ1n) is 7.30. The van der Waals surface area contributed by atoms with Crippen LogP contribution in [0.15, 0.2) is 17.5 Å². The fraction of sp³-hybridized carbons (Fsp3) is 0.667. The summed E-state index contributed by atoms with van der Waals surface area (Å²) in [5, 5.41) is 8.39. The molecule has 0 unspecified atom stereocenters. The lowest BCUT2D eigenvalue weighted by atomic mass is 9.93. The molecule has 2 rings (SSSR count). The number of carbonyl (C=O) groups excluding carboxylic acids is 1. The van der Waals surface area contributed by atoms with Crippen LogP contribution in [-0.2, 0) is 9.53 Å². The molecule has 1 aromatic heterocycles. The van der Waals surface area contributed by atoms with E-state index in [1.165, 1.54) is 4.88 Å². The van der Waals surface area contributed by atoms with Gasteiger partial charge in [0.25, 0.3) is 0 Å². The fourth-order valence-electron chi connectivity index (χ4n) is 2.54. The first-order valence-corrected chi connectivity index (χ1v) is 8.18. The largest absolute Gasteiger partial charge is 0.381 e. The Morgan fingerprint density at radius 3 is 2.85 bits per heavy atom. The summed E-state index contributed by atoms with van der Waals surface area (Å²) < 4.78 is 5.36. The van der Waals surface area contributed by atoms with Crippen molar-refractivity contribution >= 4 is 17.2 Å². The van der Waals surface area contributed by atoms with Gasteiger partial charge in [-0.15, -0.1) is 11.3 Å². The van der Waals surface area contributed by atoms with Gasteiger partial charge in [0, 0.05) is 24.1 Å². The number of amides is 1. The number of nitrogens with one attached hydrogen (secondary N) is 2. The van der Waals surface area contributed by atoms with Crippen LogP contribution in [0.25, 0.3) is 0 Å². The summed E-state index contributed by atoms with van der Waals surface area (Å²) >= 11 is 1.67. The molecular formula is C15H24N2O2S. The molecule has 112 valence electrons. The highest BCUT2D eigenvalue weighted by molar-refractivity contribution is 7.10. The summed E-state index contributed by atoms with van der Waals surface area (Å²) in [6.07, 6.45) is 2.17. The fourth-order valence-corrected chi connectivity index (χ4v) is 3.27. The first kappa shape index (κ1) is 15.5. The topological polar surface area (TPSA) is 50.4 Å². The molecule has 1 fully saturated rings. The molecule has 1 saturated heterocycles. The SMILES string of the molecule is C[C@@H](NC(=O)CN[C@H](C)C1CCOCC1)c1cccs1. The predicted molar refractivity (Wildman–Crippen MR) is 81.9 cm³/mol. The van der Waals surface area contributed by atoms with Crippen LogP contribution in [0.4, 0.5) is 0 Å². The second-order valence-electron chi connectivity index (χ2n) is 5.42. The van der Waals surface area contributed by atoms with E-state index in [1.54, 1.807) is 11.3 Å². The zero-order valence-corrected chi connectivity index (χ0v) is 13.0. The van der Waals surface area contributed by atoms with E-state index >= 15 is 0 Å². The standard InChI is InChI=1S/C15H24N2O2S/c1-11(13-5-7-19-8-6-13)16-10-15(18)17-12(2)14-4-3-9-20-14/h3-4,9,11-13,16H,5-8,10H2,1-2H3,(H,17,18)/t11-,12-/m1/s1. The van der Waals surface area contributed by atoms with Crippen molar-refractivity contribution in [1.29, 1.82) is 0 Å². The van der Waals surface area contributed by atoms with Crippen molar-refractivity contribution in [3.8, 4) is 0 Å². The van der Waals surface area contributed by atoms with Crippen molar-refractivity contribution in [2.75, 3.05) is 19.8 Å². The van der Waals surface area contributed by atoms with Gasteiger partial charge in [0.2, 0.25) is 5.91 Å². The molecule has 5 heteroatoms. The average molecular weight is 296 g/mol. The minimum atomic E-state index is 0.0600. The number of carbonyl (C=O) groups is 1. The van der Waals surface area contributed by atoms with E-state index in [0.29, 0.717) is 18.5 Å². The van der Waals surface area contributed by atoms with Crippen LogP contribution in [0.2, 0.25) is 0 Å². The Morgan fingerprint density at radius 1 is 1.45 bits per heavy atom. The highest BCUT2D eigenvalue weighted by atomic mass is 32.1. The quantitative estimate of drug-likeness (QED) is 0.847. The molecule has 1 aromatic rings. The molecule has 1 aliphatic heterocycles. The predicted octanol–water partition coefficient (Wildman–Crippen LogP) is 2.33. The molecule has 0 radical (unpaired) electrons. The molecule has 0 aliphatic carbocycles. The number of ether oxygens (including phenoxy) is 1. The maximum Gasteiger partial charge on any atom is 0.234 e. The lowest BCUT2D eigenvalue weighted by Gasteiger charge is -2.28. The summed E-state index contributed by atoms with van der Waals surface area (Å²) in [7, 11) is 0. The first-order chi connectivity index (χ1) is 9.66. The highest BCUT2D eigenvalue weighted by Crippen LogP contribution is 2.19. The second-order valence-corrected chi connectivity index (χ2v) is 6.40. The second kappa shape index (κ2) is 7.76. The molecular weight excluding hydrogens is 272 g/mol. The van der Waals surface area contributed by atoms with Crippen LogP contribution in [0.5, 0.6) is 0 Å². The smallest absolute Gasteiger partial charge is 0.234 e. The van der Waals surface area contributed by atoms with Gasteiger partial charge in [0.15, 0.2) is 0 Å². The molecule has 20 heavy (non-hydrogen) atoms. The zero-order valence-electron chi connectivity index (χ0n) is 12.2. The molecule has 2 heterocycles. The summed E-state index contributed by atoms with van der Waals surface area (Å²) in [5.41, 5.74) is 0. The van der Waals surface area contributed by atoms with Crippen LogP contribution in [0.1, 0.15) is 37.6 Å². The van der Waals surface area contributed by atoms with Crippen molar-refractivity contribution in [2.24, 2.45) is 5.92 Å². The van der Waals surface area contributed by atoms with Gasteiger partial charge in [-0.1, -0.05) is 6.07 Å². The molecule has 2 N–H and O–H groups in total. The molecule has 0 saturated carbocycles. The molecule has 0 spiro atoms. The Bertz CT molecular complexity index is 402. The number of thiophene rings is 1. The molecule has 0 aromatic carbocycles. The number of rotatable bonds is 6. The van der Waals surface area contributed by atoms with Crippen LogP contribution in [0.3, 0.4) is 0 Å². The summed E-state index contributed by atoms with van der Waals surface area (Å²) in [6, 6.07) is 4.51. The zero-order chi connectivity index (χ0) is 14.4. The third-order valence-electron chi connectivity index (χ3n) is 3.91. The van der Waals surface area contributed by atoms with E-state index < -0.39 is 0 Å². The molecule has 1 amide bonds. The Morgan fingerprint density at radius 2 is 2.20 bits per heavy atom. The average Bonchev–Trinajstić information content (AvgIpc) is 3.00. The molecule has 0 bridgehead atoms. The third-order valence-corrected chi connectivity index (χ3v) is 4.96. The summed E-state index contributed by atoms with van der Waals surface area (Å²) in [4.78, 5) is 13.1. The number of hydrogen-bond acceptors (Lipinski definition) is 4. The Balaban J connectivity index is 1.69. The van der Waals surface area contributed by atoms with E-state index in [2.05, 4.69) is 17.6 Å². The van der Waals surface area contributed by atoms with E-state index in [0.717, 1.165) is 26.1 Å². The van der Waals surface area contributed by atoms with Crippen LogP contribution in [0, 0.1) is 5.92 Å². The van der Waals surface area contributed by atoms with Gasteiger partial charge in [-0.05, 0) is 44.1 Å². The van der Waals surface area contributed by atoms with Crippen molar-refractivity contribution < 1.29 is 9.53 Å². The van der Waals surface area contributed by atoms with Crippen molar-refractivity contribution in [3.05, 3.63) is 22.4 Å². The van der Waals surface area contributed by atoms with Crippen molar-refractivity contribution in [2.45, 2.75) is 38.8 Å². The molecule has 4 nitrogen and oxygen atoms in total. The van der Waals surface area contributed by atoms with Crippen LogP contribution in [-0.4, -0.2) is 31.7 Å². The van der Waals surface area contributed by atoms with Crippen LogP contribution >= 0.6 is 11.3 Å².